The van der Waals surface area contributed by atoms with Gasteiger partial charge in [0, 0.05) is 18.4 Å². The van der Waals surface area contributed by atoms with Gasteiger partial charge in [-0.1, -0.05) is 12.1 Å². The van der Waals surface area contributed by atoms with Gasteiger partial charge in [-0.25, -0.2) is 9.07 Å². The van der Waals surface area contributed by atoms with Crippen LogP contribution in [0.4, 0.5) is 4.39 Å². The Kier molecular flexibility index (Phi) is 4.96. The lowest BCUT2D eigenvalue weighted by atomic mass is 9.82. The van der Waals surface area contributed by atoms with Gasteiger partial charge in [-0.3, -0.25) is 4.79 Å². The van der Waals surface area contributed by atoms with E-state index in [0.29, 0.717) is 53.9 Å². The number of hydrogen-bond donors (Lipinski definition) is 1. The average Bonchev–Trinajstić information content (AvgIpc) is 3.19. The molecule has 2 aromatic carbocycles. The van der Waals surface area contributed by atoms with Crippen LogP contribution in [-0.4, -0.2) is 27.8 Å². The Balaban J connectivity index is 1.84. The molecular weight excluding hydrogens is 371 g/mol. The fraction of sp³-hybridized carbons (Fsp3) is 0.304. The first-order valence-electron chi connectivity index (χ1n) is 9.65. The lowest BCUT2D eigenvalue weighted by molar-refractivity contribution is -0.125. The molecule has 6 heteroatoms. The first-order chi connectivity index (χ1) is 13.9. The number of rotatable bonds is 4. The summed E-state index contributed by atoms with van der Waals surface area (Å²) in [7, 11) is 1.60. The maximum atomic E-state index is 14.2. The summed E-state index contributed by atoms with van der Waals surface area (Å²) in [4.78, 5) is 11.6. The van der Waals surface area contributed by atoms with Gasteiger partial charge in [0.15, 0.2) is 0 Å². The van der Waals surface area contributed by atoms with Crippen LogP contribution in [0.1, 0.15) is 36.9 Å². The van der Waals surface area contributed by atoms with Crippen molar-refractivity contribution in [2.75, 3.05) is 7.11 Å². The standard InChI is InChI=1S/C23H23FN2O3/c1-15-3-4-16(13-20(15)24)21-14-22(23(28)11-9-18(27)10-12-23)25-26(21)17-5-7-19(29-2)8-6-17/h3-8,13-14,28H,9-12H2,1-2H3. The Morgan fingerprint density at radius 2 is 1.79 bits per heavy atom. The first-order valence-corrected chi connectivity index (χ1v) is 9.65. The zero-order chi connectivity index (χ0) is 20.6. The van der Waals surface area contributed by atoms with Gasteiger partial charge in [-0.2, -0.15) is 5.10 Å². The van der Waals surface area contributed by atoms with E-state index in [1.165, 1.54) is 6.07 Å². The number of halogens is 1. The summed E-state index contributed by atoms with van der Waals surface area (Å²) in [6, 6.07) is 14.2. The molecule has 1 aromatic heterocycles. The number of ketones is 1. The van der Waals surface area contributed by atoms with Crippen molar-refractivity contribution in [2.45, 2.75) is 38.2 Å². The third kappa shape index (κ3) is 3.68. The van der Waals surface area contributed by atoms with E-state index >= 15 is 0 Å². The van der Waals surface area contributed by atoms with Crippen LogP contribution in [0.3, 0.4) is 0 Å². The monoisotopic (exact) mass is 394 g/mol. The van der Waals surface area contributed by atoms with E-state index < -0.39 is 5.60 Å². The molecule has 150 valence electrons. The van der Waals surface area contributed by atoms with Crippen LogP contribution < -0.4 is 4.74 Å². The molecule has 1 aliphatic rings. The summed E-state index contributed by atoms with van der Waals surface area (Å²) in [6.45, 7) is 1.72. The van der Waals surface area contributed by atoms with Crippen molar-refractivity contribution in [3.8, 4) is 22.7 Å². The smallest absolute Gasteiger partial charge is 0.133 e. The van der Waals surface area contributed by atoms with Gasteiger partial charge >= 0.3 is 0 Å². The fourth-order valence-electron chi connectivity index (χ4n) is 3.69. The third-order valence-electron chi connectivity index (χ3n) is 5.61. The Bertz CT molecular complexity index is 1050. The van der Waals surface area contributed by atoms with Crippen molar-refractivity contribution in [3.05, 3.63) is 65.6 Å². The van der Waals surface area contributed by atoms with Crippen molar-refractivity contribution in [3.63, 3.8) is 0 Å². The highest BCUT2D eigenvalue weighted by Gasteiger charge is 2.37. The fourth-order valence-corrected chi connectivity index (χ4v) is 3.69. The molecule has 1 aliphatic carbocycles. The third-order valence-corrected chi connectivity index (χ3v) is 5.61. The Labute approximate surface area is 168 Å². The summed E-state index contributed by atoms with van der Waals surface area (Å²) >= 11 is 0. The van der Waals surface area contributed by atoms with Crippen LogP contribution in [-0.2, 0) is 10.4 Å². The molecule has 1 fully saturated rings. The minimum absolute atomic E-state index is 0.157. The molecule has 0 aliphatic heterocycles. The van der Waals surface area contributed by atoms with Gasteiger partial charge in [0.2, 0.25) is 0 Å². The van der Waals surface area contributed by atoms with Gasteiger partial charge in [-0.05, 0) is 61.7 Å². The number of hydrogen-bond acceptors (Lipinski definition) is 4. The normalized spacial score (nSPS) is 16.1. The zero-order valence-corrected chi connectivity index (χ0v) is 16.5. The van der Waals surface area contributed by atoms with Gasteiger partial charge in [0.1, 0.15) is 23.0 Å². The molecule has 0 spiro atoms. The van der Waals surface area contributed by atoms with Crippen molar-refractivity contribution in [1.82, 2.24) is 9.78 Å². The maximum Gasteiger partial charge on any atom is 0.133 e. The number of ether oxygens (including phenoxy) is 1. The average molecular weight is 394 g/mol. The molecule has 0 bridgehead atoms. The minimum Gasteiger partial charge on any atom is -0.497 e. The molecule has 5 nitrogen and oxygen atoms in total. The number of nitrogens with zero attached hydrogens (tertiary/aromatic N) is 2. The van der Waals surface area contributed by atoms with E-state index in [-0.39, 0.29) is 11.6 Å². The van der Waals surface area contributed by atoms with Crippen LogP contribution in [0.5, 0.6) is 5.75 Å². The van der Waals surface area contributed by atoms with E-state index in [1.54, 1.807) is 30.8 Å². The van der Waals surface area contributed by atoms with Crippen LogP contribution >= 0.6 is 0 Å². The molecule has 0 unspecified atom stereocenters. The van der Waals surface area contributed by atoms with Crippen molar-refractivity contribution in [1.29, 1.82) is 0 Å². The van der Waals surface area contributed by atoms with Gasteiger partial charge in [0.05, 0.1) is 24.2 Å². The van der Waals surface area contributed by atoms with Crippen molar-refractivity contribution < 1.29 is 19.0 Å². The van der Waals surface area contributed by atoms with Gasteiger partial charge in [-0.15, -0.1) is 0 Å². The van der Waals surface area contributed by atoms with Gasteiger partial charge in [0.25, 0.3) is 0 Å². The highest BCUT2D eigenvalue weighted by Crippen LogP contribution is 2.38. The van der Waals surface area contributed by atoms with E-state index in [2.05, 4.69) is 5.10 Å². The van der Waals surface area contributed by atoms with E-state index in [4.69, 9.17) is 4.74 Å². The predicted molar refractivity (Wildman–Crippen MR) is 108 cm³/mol. The topological polar surface area (TPSA) is 64.3 Å². The van der Waals surface area contributed by atoms with Crippen LogP contribution in [0.2, 0.25) is 0 Å². The number of aromatic nitrogens is 2. The SMILES string of the molecule is COc1ccc(-n2nc(C3(O)CCC(=O)CC3)cc2-c2ccc(C)c(F)c2)cc1. The number of carbonyl (C=O) groups excluding carboxylic acids is 1. The lowest BCUT2D eigenvalue weighted by Gasteiger charge is -2.29. The quantitative estimate of drug-likeness (QED) is 0.716. The lowest BCUT2D eigenvalue weighted by Crippen LogP contribution is -2.32. The minimum atomic E-state index is -1.16. The summed E-state index contributed by atoms with van der Waals surface area (Å²) in [6.07, 6.45) is 1.35. The second-order valence-electron chi connectivity index (χ2n) is 7.56. The molecule has 29 heavy (non-hydrogen) atoms. The number of methoxy groups -OCH3 is 1. The van der Waals surface area contributed by atoms with E-state index in [1.807, 2.05) is 30.3 Å². The number of aryl methyl sites for hydroxylation is 1. The molecule has 0 atom stereocenters. The Morgan fingerprint density at radius 3 is 2.41 bits per heavy atom. The molecule has 1 saturated carbocycles. The number of aliphatic hydroxyl groups is 1. The first kappa shape index (κ1) is 19.3. The van der Waals surface area contributed by atoms with Crippen molar-refractivity contribution >= 4 is 5.78 Å². The van der Waals surface area contributed by atoms with Crippen LogP contribution in [0.15, 0.2) is 48.5 Å². The second-order valence-corrected chi connectivity index (χ2v) is 7.56. The molecule has 3 aromatic rings. The molecule has 0 radical (unpaired) electrons. The molecule has 0 amide bonds. The van der Waals surface area contributed by atoms with Crippen LogP contribution in [0, 0.1) is 12.7 Å². The summed E-state index contributed by atoms with van der Waals surface area (Å²) in [5.41, 5.74) is 2.01. The Hall–Kier alpha value is -2.99. The zero-order valence-electron chi connectivity index (χ0n) is 16.5. The molecule has 1 N–H and O–H groups in total. The van der Waals surface area contributed by atoms with Gasteiger partial charge < -0.3 is 9.84 Å². The Morgan fingerprint density at radius 1 is 1.10 bits per heavy atom. The van der Waals surface area contributed by atoms with Crippen LogP contribution in [0.25, 0.3) is 16.9 Å². The molecular formula is C23H23FN2O3. The van der Waals surface area contributed by atoms with Crippen molar-refractivity contribution in [2.24, 2.45) is 0 Å². The number of benzene rings is 2. The predicted octanol–water partition coefficient (Wildman–Crippen LogP) is 4.33. The number of carbonyl (C=O) groups is 1. The molecule has 4 rings (SSSR count). The summed E-state index contributed by atoms with van der Waals surface area (Å²) in [5.74, 6) is 0.576. The highest BCUT2D eigenvalue weighted by atomic mass is 19.1. The van der Waals surface area contributed by atoms with E-state index in [9.17, 15) is 14.3 Å². The maximum absolute atomic E-state index is 14.2. The second kappa shape index (κ2) is 7.44. The summed E-state index contributed by atoms with van der Waals surface area (Å²) < 4.78 is 21.2. The van der Waals surface area contributed by atoms with E-state index in [0.717, 1.165) is 5.69 Å². The summed E-state index contributed by atoms with van der Waals surface area (Å²) in [5, 5.41) is 15.8. The largest absolute Gasteiger partial charge is 0.497 e. The molecule has 0 saturated heterocycles. The molecule has 1 heterocycles. The number of Topliss-reactive ketones (excluding diaryl/α,β-unsaturated/α-hetero) is 1. The highest BCUT2D eigenvalue weighted by molar-refractivity contribution is 5.79.